The van der Waals surface area contributed by atoms with Crippen molar-refractivity contribution in [1.82, 2.24) is 10.6 Å². The second-order valence-corrected chi connectivity index (χ2v) is 7.28. The number of halogens is 1. The van der Waals surface area contributed by atoms with Gasteiger partial charge in [0.2, 0.25) is 0 Å². The average Bonchev–Trinajstić information content (AvgIpc) is 3.24. The van der Waals surface area contributed by atoms with E-state index in [0.717, 1.165) is 63.0 Å². The van der Waals surface area contributed by atoms with Crippen LogP contribution in [-0.4, -0.2) is 46.4 Å². The van der Waals surface area contributed by atoms with Gasteiger partial charge in [0, 0.05) is 50.8 Å². The zero-order valence-electron chi connectivity index (χ0n) is 17.5. The van der Waals surface area contributed by atoms with Crippen molar-refractivity contribution >= 4 is 29.9 Å². The third kappa shape index (κ3) is 6.12. The van der Waals surface area contributed by atoms with Gasteiger partial charge in [0.05, 0.1) is 13.4 Å². The molecule has 0 bridgehead atoms. The van der Waals surface area contributed by atoms with Crippen molar-refractivity contribution in [2.75, 3.05) is 40.5 Å². The number of nitrogens with one attached hydrogen (secondary N) is 2. The van der Waals surface area contributed by atoms with Crippen LogP contribution in [0.15, 0.2) is 46.0 Å². The maximum atomic E-state index is 5.69. The summed E-state index contributed by atoms with van der Waals surface area (Å²) >= 11 is 0. The summed E-state index contributed by atoms with van der Waals surface area (Å²) in [4.78, 5) is 4.38. The molecule has 1 aliphatic rings. The first-order chi connectivity index (χ1) is 13.7. The number of rotatable bonds is 7. The Morgan fingerprint density at radius 1 is 1.21 bits per heavy atom. The smallest absolute Gasteiger partial charge is 0.191 e. The molecule has 0 atom stereocenters. The SMILES string of the molecule is CN=C(NCCc1ccco1)NCC1(c2cc(C)ccc2OC)CCOCC1.I. The van der Waals surface area contributed by atoms with Gasteiger partial charge in [-0.05, 0) is 38.0 Å². The molecule has 0 spiro atoms. The highest BCUT2D eigenvalue weighted by Crippen LogP contribution is 2.40. The predicted molar refractivity (Wildman–Crippen MR) is 127 cm³/mol. The molecule has 7 heteroatoms. The number of furan rings is 1. The maximum absolute atomic E-state index is 5.69. The summed E-state index contributed by atoms with van der Waals surface area (Å²) in [5, 5.41) is 6.90. The Balaban J connectivity index is 0.00000300. The Morgan fingerprint density at radius 2 is 2.00 bits per heavy atom. The Bertz CT molecular complexity index is 772. The minimum atomic E-state index is -0.0474. The number of aliphatic imine (C=N–C) groups is 1. The minimum Gasteiger partial charge on any atom is -0.496 e. The summed E-state index contributed by atoms with van der Waals surface area (Å²) in [5.74, 6) is 2.70. The first-order valence-electron chi connectivity index (χ1n) is 9.87. The van der Waals surface area contributed by atoms with Gasteiger partial charge in [-0.25, -0.2) is 0 Å². The van der Waals surface area contributed by atoms with Crippen molar-refractivity contribution in [1.29, 1.82) is 0 Å². The molecule has 1 aromatic heterocycles. The third-order valence-corrected chi connectivity index (χ3v) is 5.44. The lowest BCUT2D eigenvalue weighted by Gasteiger charge is -2.39. The van der Waals surface area contributed by atoms with Crippen LogP contribution in [0, 0.1) is 6.92 Å². The maximum Gasteiger partial charge on any atom is 0.191 e. The fraction of sp³-hybridized carbons (Fsp3) is 0.500. The molecule has 0 radical (unpaired) electrons. The van der Waals surface area contributed by atoms with Crippen LogP contribution in [0.5, 0.6) is 5.75 Å². The van der Waals surface area contributed by atoms with Crippen LogP contribution >= 0.6 is 24.0 Å². The van der Waals surface area contributed by atoms with Crippen LogP contribution in [0.2, 0.25) is 0 Å². The molecule has 1 fully saturated rings. The lowest BCUT2D eigenvalue weighted by Crippen LogP contribution is -2.48. The number of methoxy groups -OCH3 is 1. The number of aryl methyl sites for hydroxylation is 1. The van der Waals surface area contributed by atoms with E-state index >= 15 is 0 Å². The van der Waals surface area contributed by atoms with E-state index in [9.17, 15) is 0 Å². The Morgan fingerprint density at radius 3 is 2.66 bits per heavy atom. The summed E-state index contributed by atoms with van der Waals surface area (Å²) in [5.41, 5.74) is 2.44. The van der Waals surface area contributed by atoms with Crippen LogP contribution in [0.25, 0.3) is 0 Å². The van der Waals surface area contributed by atoms with Crippen LogP contribution in [0.3, 0.4) is 0 Å². The summed E-state index contributed by atoms with van der Waals surface area (Å²) in [7, 11) is 3.54. The number of benzene rings is 1. The van der Waals surface area contributed by atoms with Crippen molar-refractivity contribution in [2.45, 2.75) is 31.6 Å². The van der Waals surface area contributed by atoms with Crippen molar-refractivity contribution in [3.8, 4) is 5.75 Å². The standard InChI is InChI=1S/C22H31N3O3.HI/c1-17-6-7-20(26-3)19(15-17)22(9-13-27-14-10-22)16-25-21(23-2)24-11-8-18-5-4-12-28-18;/h4-7,12,15H,8-11,13-14,16H2,1-3H3,(H2,23,24,25);1H. The number of hydrogen-bond acceptors (Lipinski definition) is 4. The second-order valence-electron chi connectivity index (χ2n) is 7.28. The largest absolute Gasteiger partial charge is 0.496 e. The average molecular weight is 513 g/mol. The van der Waals surface area contributed by atoms with Crippen LogP contribution in [0.4, 0.5) is 0 Å². The molecule has 1 aliphatic heterocycles. The van der Waals surface area contributed by atoms with Gasteiger partial charge in [0.1, 0.15) is 11.5 Å². The molecule has 160 valence electrons. The van der Waals surface area contributed by atoms with Gasteiger partial charge in [-0.3, -0.25) is 4.99 Å². The van der Waals surface area contributed by atoms with Crippen molar-refractivity contribution in [2.24, 2.45) is 4.99 Å². The molecule has 2 N–H and O–H groups in total. The molecular weight excluding hydrogens is 481 g/mol. The van der Waals surface area contributed by atoms with E-state index in [4.69, 9.17) is 13.9 Å². The molecule has 29 heavy (non-hydrogen) atoms. The minimum absolute atomic E-state index is 0. The summed E-state index contributed by atoms with van der Waals surface area (Å²) < 4.78 is 16.7. The van der Waals surface area contributed by atoms with E-state index in [-0.39, 0.29) is 29.4 Å². The Labute approximate surface area is 190 Å². The molecular formula is C22H32IN3O3. The molecule has 1 aromatic carbocycles. The molecule has 3 rings (SSSR count). The summed E-state index contributed by atoms with van der Waals surface area (Å²) in [6, 6.07) is 10.3. The van der Waals surface area contributed by atoms with E-state index < -0.39 is 0 Å². The summed E-state index contributed by atoms with van der Waals surface area (Å²) in [6.45, 7) is 5.17. The van der Waals surface area contributed by atoms with Crippen molar-refractivity contribution < 1.29 is 13.9 Å². The number of guanidine groups is 1. The lowest BCUT2D eigenvalue weighted by atomic mass is 9.73. The van der Waals surface area contributed by atoms with Gasteiger partial charge in [0.15, 0.2) is 5.96 Å². The lowest BCUT2D eigenvalue weighted by molar-refractivity contribution is 0.0505. The highest BCUT2D eigenvalue weighted by atomic mass is 127. The van der Waals surface area contributed by atoms with E-state index in [0.29, 0.717) is 0 Å². The first-order valence-corrected chi connectivity index (χ1v) is 9.87. The van der Waals surface area contributed by atoms with Crippen molar-refractivity contribution in [3.05, 3.63) is 53.5 Å². The molecule has 0 saturated carbocycles. The summed E-state index contributed by atoms with van der Waals surface area (Å²) in [6.07, 6.45) is 4.41. The van der Waals surface area contributed by atoms with Crippen LogP contribution in [-0.2, 0) is 16.6 Å². The zero-order chi connectivity index (χ0) is 19.8. The Hall–Kier alpha value is -1.74. The number of hydrogen-bond donors (Lipinski definition) is 2. The third-order valence-electron chi connectivity index (χ3n) is 5.44. The quantitative estimate of drug-likeness (QED) is 0.336. The molecule has 1 saturated heterocycles. The van der Waals surface area contributed by atoms with Crippen LogP contribution in [0.1, 0.15) is 29.7 Å². The van der Waals surface area contributed by atoms with E-state index in [2.05, 4.69) is 40.7 Å². The zero-order valence-corrected chi connectivity index (χ0v) is 19.8. The number of nitrogens with zero attached hydrogens (tertiary/aromatic N) is 1. The van der Waals surface area contributed by atoms with E-state index in [1.54, 1.807) is 20.4 Å². The fourth-order valence-electron chi connectivity index (χ4n) is 3.77. The highest BCUT2D eigenvalue weighted by molar-refractivity contribution is 14.0. The van der Waals surface area contributed by atoms with Gasteiger partial charge in [0.25, 0.3) is 0 Å². The van der Waals surface area contributed by atoms with E-state index in [1.165, 1.54) is 11.1 Å². The van der Waals surface area contributed by atoms with Gasteiger partial charge in [-0.2, -0.15) is 0 Å². The molecule has 0 unspecified atom stereocenters. The van der Waals surface area contributed by atoms with Gasteiger partial charge in [-0.1, -0.05) is 17.7 Å². The van der Waals surface area contributed by atoms with Gasteiger partial charge >= 0.3 is 0 Å². The predicted octanol–water partition coefficient (Wildman–Crippen LogP) is 3.67. The topological polar surface area (TPSA) is 68.0 Å². The second kappa shape index (κ2) is 11.4. The normalized spacial score (nSPS) is 16.0. The van der Waals surface area contributed by atoms with Crippen LogP contribution < -0.4 is 15.4 Å². The van der Waals surface area contributed by atoms with Gasteiger partial charge < -0.3 is 24.5 Å². The highest BCUT2D eigenvalue weighted by Gasteiger charge is 2.37. The fourth-order valence-corrected chi connectivity index (χ4v) is 3.77. The van der Waals surface area contributed by atoms with Gasteiger partial charge in [-0.15, -0.1) is 24.0 Å². The molecule has 0 amide bonds. The van der Waals surface area contributed by atoms with E-state index in [1.807, 2.05) is 12.1 Å². The first kappa shape index (κ1) is 23.5. The number of ether oxygens (including phenoxy) is 2. The molecule has 0 aliphatic carbocycles. The monoisotopic (exact) mass is 513 g/mol. The molecule has 6 nitrogen and oxygen atoms in total. The molecule has 2 heterocycles. The molecule has 2 aromatic rings. The Kier molecular flexibility index (Phi) is 9.29. The van der Waals surface area contributed by atoms with Crippen molar-refractivity contribution in [3.63, 3.8) is 0 Å².